The topological polar surface area (TPSA) is 44.9 Å². The quantitative estimate of drug-likeness (QED) is 0.513. The van der Waals surface area contributed by atoms with Crippen LogP contribution in [-0.4, -0.2) is 41.9 Å². The molecule has 0 saturated heterocycles. The van der Waals surface area contributed by atoms with Gasteiger partial charge in [-0.05, 0) is 6.04 Å². The maximum atomic E-state index is 5.94. The molecule has 0 fully saturated rings. The standard InChI is InChI=1S/C17H23BN4OSi/c1-21-10-13(8-20-21)16-11-22(12-23-5-6-24(2,3)4)17-15(16)7-14(18)9-19-17/h7-11H,5-6,12H2,1-4H3. The second-order valence-electron chi connectivity index (χ2n) is 7.40. The van der Waals surface area contributed by atoms with Gasteiger partial charge < -0.3 is 9.30 Å². The van der Waals surface area contributed by atoms with Crippen molar-refractivity contribution in [2.24, 2.45) is 7.05 Å². The minimum Gasteiger partial charge on any atom is -0.361 e. The minimum absolute atomic E-state index is 0.498. The average molecular weight is 338 g/mol. The molecule has 0 N–H and O–H groups in total. The Morgan fingerprint density at radius 2 is 2.00 bits per heavy atom. The first-order valence-corrected chi connectivity index (χ1v) is 11.9. The van der Waals surface area contributed by atoms with Crippen molar-refractivity contribution in [2.45, 2.75) is 32.4 Å². The maximum absolute atomic E-state index is 5.94. The lowest BCUT2D eigenvalue weighted by Gasteiger charge is -2.15. The van der Waals surface area contributed by atoms with Crippen molar-refractivity contribution >= 4 is 32.4 Å². The van der Waals surface area contributed by atoms with Crippen LogP contribution in [-0.2, 0) is 18.5 Å². The van der Waals surface area contributed by atoms with Crippen molar-refractivity contribution < 1.29 is 4.74 Å². The van der Waals surface area contributed by atoms with E-state index in [1.165, 1.54) is 0 Å². The molecule has 0 spiro atoms. The van der Waals surface area contributed by atoms with Crippen molar-refractivity contribution in [3.63, 3.8) is 0 Å². The summed E-state index contributed by atoms with van der Waals surface area (Å²) in [7, 11) is 6.77. The molecule has 3 aromatic rings. The van der Waals surface area contributed by atoms with E-state index in [0.717, 1.165) is 34.8 Å². The van der Waals surface area contributed by atoms with Crippen LogP contribution >= 0.6 is 0 Å². The van der Waals surface area contributed by atoms with Crippen LogP contribution in [0.4, 0.5) is 0 Å². The van der Waals surface area contributed by atoms with E-state index < -0.39 is 8.07 Å². The van der Waals surface area contributed by atoms with Crippen LogP contribution in [0.25, 0.3) is 22.2 Å². The van der Waals surface area contributed by atoms with Gasteiger partial charge in [0, 0.05) is 56.8 Å². The highest BCUT2D eigenvalue weighted by Crippen LogP contribution is 2.28. The first kappa shape index (κ1) is 17.0. The lowest BCUT2D eigenvalue weighted by Crippen LogP contribution is -2.22. The normalized spacial score (nSPS) is 12.2. The van der Waals surface area contributed by atoms with Crippen LogP contribution in [0, 0.1) is 0 Å². The van der Waals surface area contributed by atoms with E-state index in [0.29, 0.717) is 12.2 Å². The highest BCUT2D eigenvalue weighted by atomic mass is 28.3. The van der Waals surface area contributed by atoms with Crippen LogP contribution < -0.4 is 5.46 Å². The number of ether oxygens (including phenoxy) is 1. The zero-order valence-electron chi connectivity index (χ0n) is 14.8. The third-order valence-electron chi connectivity index (χ3n) is 3.98. The summed E-state index contributed by atoms with van der Waals surface area (Å²) in [5.41, 5.74) is 3.67. The van der Waals surface area contributed by atoms with Gasteiger partial charge in [-0.2, -0.15) is 5.10 Å². The molecule has 24 heavy (non-hydrogen) atoms. The van der Waals surface area contributed by atoms with Crippen LogP contribution in [0.3, 0.4) is 0 Å². The number of pyridine rings is 1. The highest BCUT2D eigenvalue weighted by Gasteiger charge is 2.15. The number of rotatable bonds is 6. The number of hydrogen-bond acceptors (Lipinski definition) is 3. The molecule has 3 heterocycles. The zero-order valence-corrected chi connectivity index (χ0v) is 15.8. The molecule has 0 aliphatic rings. The van der Waals surface area contributed by atoms with E-state index in [1.54, 1.807) is 10.9 Å². The maximum Gasteiger partial charge on any atom is 0.142 e. The van der Waals surface area contributed by atoms with E-state index in [9.17, 15) is 0 Å². The Morgan fingerprint density at radius 1 is 1.21 bits per heavy atom. The van der Waals surface area contributed by atoms with Crippen LogP contribution in [0.1, 0.15) is 0 Å². The van der Waals surface area contributed by atoms with Gasteiger partial charge in [-0.25, -0.2) is 4.98 Å². The second-order valence-corrected chi connectivity index (χ2v) is 13.0. The number of aromatic nitrogens is 4. The number of fused-ring (bicyclic) bond motifs is 1. The molecule has 3 aromatic heterocycles. The third kappa shape index (κ3) is 3.79. The van der Waals surface area contributed by atoms with Crippen molar-refractivity contribution in [3.05, 3.63) is 30.9 Å². The van der Waals surface area contributed by atoms with Crippen molar-refractivity contribution in [1.82, 2.24) is 19.3 Å². The van der Waals surface area contributed by atoms with Gasteiger partial charge in [-0.15, -0.1) is 0 Å². The Labute approximate surface area is 145 Å². The first-order chi connectivity index (χ1) is 11.3. The Hall–Kier alpha value is -1.86. The molecule has 0 aliphatic heterocycles. The Morgan fingerprint density at radius 3 is 2.67 bits per heavy atom. The monoisotopic (exact) mass is 338 g/mol. The molecule has 2 radical (unpaired) electrons. The smallest absolute Gasteiger partial charge is 0.142 e. The molecular formula is C17H23BN4OSi. The van der Waals surface area contributed by atoms with Gasteiger partial charge in [-0.1, -0.05) is 31.2 Å². The van der Waals surface area contributed by atoms with Crippen molar-refractivity contribution in [2.75, 3.05) is 6.61 Å². The molecule has 0 unspecified atom stereocenters. The third-order valence-corrected chi connectivity index (χ3v) is 5.68. The van der Waals surface area contributed by atoms with Crippen LogP contribution in [0.2, 0.25) is 25.7 Å². The van der Waals surface area contributed by atoms with E-state index in [2.05, 4.69) is 35.9 Å². The predicted molar refractivity (Wildman–Crippen MR) is 101 cm³/mol. The molecule has 0 amide bonds. The summed E-state index contributed by atoms with van der Waals surface area (Å²) in [6, 6.07) is 3.12. The molecule has 0 bridgehead atoms. The molecule has 0 saturated carbocycles. The van der Waals surface area contributed by atoms with Crippen LogP contribution in [0.15, 0.2) is 30.9 Å². The van der Waals surface area contributed by atoms with Crippen LogP contribution in [0.5, 0.6) is 0 Å². The van der Waals surface area contributed by atoms with E-state index in [-0.39, 0.29) is 0 Å². The van der Waals surface area contributed by atoms with E-state index in [1.807, 2.05) is 30.1 Å². The van der Waals surface area contributed by atoms with Gasteiger partial charge in [0.25, 0.3) is 0 Å². The van der Waals surface area contributed by atoms with E-state index >= 15 is 0 Å². The summed E-state index contributed by atoms with van der Waals surface area (Å²) in [5, 5.41) is 5.29. The molecule has 124 valence electrons. The molecule has 0 aliphatic carbocycles. The number of hydrogen-bond donors (Lipinski definition) is 0. The fourth-order valence-corrected chi connectivity index (χ4v) is 3.37. The average Bonchev–Trinajstić information content (AvgIpc) is 3.06. The Balaban J connectivity index is 1.88. The predicted octanol–water partition coefficient (Wildman–Crippen LogP) is 2.54. The summed E-state index contributed by atoms with van der Waals surface area (Å²) in [4.78, 5) is 4.50. The number of nitrogens with zero attached hydrogens (tertiary/aromatic N) is 4. The summed E-state index contributed by atoms with van der Waals surface area (Å²) in [6.07, 6.45) is 7.61. The van der Waals surface area contributed by atoms with Gasteiger partial charge >= 0.3 is 0 Å². The highest BCUT2D eigenvalue weighted by molar-refractivity contribution is 6.76. The SMILES string of the molecule is [B]c1cnc2c(c1)c(-c1cnn(C)c1)cn2COCC[Si](C)(C)C. The fourth-order valence-electron chi connectivity index (χ4n) is 2.62. The minimum atomic E-state index is -1.08. The number of aryl methyl sites for hydroxylation is 1. The molecular weight excluding hydrogens is 315 g/mol. The zero-order chi connectivity index (χ0) is 17.3. The molecule has 0 aromatic carbocycles. The lowest BCUT2D eigenvalue weighted by molar-refractivity contribution is 0.0899. The molecule has 7 heteroatoms. The van der Waals surface area contributed by atoms with Gasteiger partial charge in [0.1, 0.15) is 20.2 Å². The van der Waals surface area contributed by atoms with Gasteiger partial charge in [-0.3, -0.25) is 4.68 Å². The largest absolute Gasteiger partial charge is 0.361 e. The summed E-state index contributed by atoms with van der Waals surface area (Å²) >= 11 is 0. The summed E-state index contributed by atoms with van der Waals surface area (Å²) < 4.78 is 9.73. The fraction of sp³-hybridized carbons (Fsp3) is 0.412. The Kier molecular flexibility index (Phi) is 4.65. The van der Waals surface area contributed by atoms with Gasteiger partial charge in [0.05, 0.1) is 6.20 Å². The van der Waals surface area contributed by atoms with E-state index in [4.69, 9.17) is 12.6 Å². The Bertz CT molecular complexity index is 850. The first-order valence-electron chi connectivity index (χ1n) is 8.15. The second kappa shape index (κ2) is 6.57. The van der Waals surface area contributed by atoms with Gasteiger partial charge in [0.15, 0.2) is 0 Å². The summed E-state index contributed by atoms with van der Waals surface area (Å²) in [6.45, 7) is 8.34. The molecule has 3 rings (SSSR count). The van der Waals surface area contributed by atoms with Crippen molar-refractivity contribution in [1.29, 1.82) is 0 Å². The van der Waals surface area contributed by atoms with Crippen molar-refractivity contribution in [3.8, 4) is 11.1 Å². The summed E-state index contributed by atoms with van der Waals surface area (Å²) in [5.74, 6) is 0. The van der Waals surface area contributed by atoms with Gasteiger partial charge in [0.2, 0.25) is 0 Å². The molecule has 0 atom stereocenters. The molecule has 5 nitrogen and oxygen atoms in total. The lowest BCUT2D eigenvalue weighted by atomic mass is 9.96.